The van der Waals surface area contributed by atoms with Gasteiger partial charge in [-0.2, -0.15) is 0 Å². The van der Waals surface area contributed by atoms with Crippen molar-refractivity contribution in [3.63, 3.8) is 0 Å². The highest BCUT2D eigenvalue weighted by Crippen LogP contribution is 2.13. The van der Waals surface area contributed by atoms with E-state index in [-0.39, 0.29) is 19.2 Å². The van der Waals surface area contributed by atoms with Crippen molar-refractivity contribution in [1.82, 2.24) is 9.97 Å². The van der Waals surface area contributed by atoms with Crippen LogP contribution in [0.25, 0.3) is 0 Å². The van der Waals surface area contributed by atoms with Crippen LogP contribution >= 0.6 is 0 Å². The van der Waals surface area contributed by atoms with Gasteiger partial charge in [0.15, 0.2) is 6.73 Å². The molecule has 0 aromatic carbocycles. The zero-order valence-electron chi connectivity index (χ0n) is 8.86. The number of aryl methyl sites for hydroxylation is 2. The van der Waals surface area contributed by atoms with Crippen molar-refractivity contribution in [2.24, 2.45) is 0 Å². The Labute approximate surface area is 88.1 Å². The van der Waals surface area contributed by atoms with Crippen LogP contribution in [0.15, 0.2) is 6.07 Å². The van der Waals surface area contributed by atoms with E-state index in [2.05, 4.69) is 9.97 Å². The molecule has 0 amide bonds. The van der Waals surface area contributed by atoms with Gasteiger partial charge in [0.2, 0.25) is 5.95 Å². The van der Waals surface area contributed by atoms with Gasteiger partial charge in [0.25, 0.3) is 0 Å². The third-order valence-corrected chi connectivity index (χ3v) is 2.24. The summed E-state index contributed by atoms with van der Waals surface area (Å²) in [4.78, 5) is 21.3. The maximum Gasteiger partial charge on any atom is 0.327 e. The SMILES string of the molecule is CCc1cc(C)nc(N2COC(=O)C2)n1. The van der Waals surface area contributed by atoms with Gasteiger partial charge in [0.1, 0.15) is 6.54 Å². The molecule has 1 aliphatic heterocycles. The number of rotatable bonds is 2. The number of esters is 1. The Bertz CT molecular complexity index is 392. The number of hydrogen-bond donors (Lipinski definition) is 0. The predicted molar refractivity (Wildman–Crippen MR) is 54.5 cm³/mol. The molecule has 1 aromatic heterocycles. The average molecular weight is 207 g/mol. The molecule has 0 radical (unpaired) electrons. The van der Waals surface area contributed by atoms with Crippen LogP contribution in [0.3, 0.4) is 0 Å². The number of anilines is 1. The van der Waals surface area contributed by atoms with Crippen molar-refractivity contribution in [3.8, 4) is 0 Å². The predicted octanol–water partition coefficient (Wildman–Crippen LogP) is 0.668. The number of carbonyl (C=O) groups excluding carboxylic acids is 1. The lowest BCUT2D eigenvalue weighted by atomic mass is 10.3. The number of nitrogens with zero attached hydrogens (tertiary/aromatic N) is 3. The van der Waals surface area contributed by atoms with Crippen LogP contribution in [0.1, 0.15) is 18.3 Å². The van der Waals surface area contributed by atoms with Crippen LogP contribution in [0.4, 0.5) is 5.95 Å². The first-order chi connectivity index (χ1) is 7.19. The van der Waals surface area contributed by atoms with Crippen LogP contribution in [0, 0.1) is 6.92 Å². The summed E-state index contributed by atoms with van der Waals surface area (Å²) in [6.07, 6.45) is 0.860. The molecule has 1 fully saturated rings. The molecule has 2 rings (SSSR count). The molecule has 1 saturated heterocycles. The molecule has 0 atom stereocenters. The Morgan fingerprint density at radius 1 is 1.53 bits per heavy atom. The topological polar surface area (TPSA) is 55.3 Å². The molecule has 1 aliphatic rings. The number of hydrogen-bond acceptors (Lipinski definition) is 5. The van der Waals surface area contributed by atoms with E-state index >= 15 is 0 Å². The van der Waals surface area contributed by atoms with Crippen molar-refractivity contribution in [3.05, 3.63) is 17.5 Å². The minimum atomic E-state index is -0.224. The third kappa shape index (κ3) is 2.06. The van der Waals surface area contributed by atoms with Crippen molar-refractivity contribution in [1.29, 1.82) is 0 Å². The first-order valence-electron chi connectivity index (χ1n) is 4.94. The standard InChI is InChI=1S/C10H13N3O2/c1-3-8-4-7(2)11-10(12-8)13-5-9(14)15-6-13/h4H,3,5-6H2,1-2H3. The molecule has 5 nitrogen and oxygen atoms in total. The molecule has 5 heteroatoms. The van der Waals surface area contributed by atoms with E-state index < -0.39 is 0 Å². The smallest absolute Gasteiger partial charge is 0.327 e. The first kappa shape index (κ1) is 9.89. The van der Waals surface area contributed by atoms with Gasteiger partial charge in [0, 0.05) is 11.4 Å². The summed E-state index contributed by atoms with van der Waals surface area (Å²) in [6.45, 7) is 4.46. The van der Waals surface area contributed by atoms with Gasteiger partial charge < -0.3 is 4.74 Å². The molecule has 15 heavy (non-hydrogen) atoms. The maximum absolute atomic E-state index is 10.9. The molecule has 0 saturated carbocycles. The zero-order valence-corrected chi connectivity index (χ0v) is 8.86. The molecular formula is C10H13N3O2. The first-order valence-corrected chi connectivity index (χ1v) is 4.94. The second kappa shape index (κ2) is 3.84. The lowest BCUT2D eigenvalue weighted by molar-refractivity contribution is -0.136. The number of ether oxygens (including phenoxy) is 1. The molecule has 80 valence electrons. The Kier molecular flexibility index (Phi) is 2.53. The van der Waals surface area contributed by atoms with Gasteiger partial charge in [0.05, 0.1) is 0 Å². The minimum Gasteiger partial charge on any atom is -0.443 e. The summed E-state index contributed by atoms with van der Waals surface area (Å²) in [5.74, 6) is 0.357. The Morgan fingerprint density at radius 3 is 2.93 bits per heavy atom. The highest BCUT2D eigenvalue weighted by Gasteiger charge is 2.23. The normalized spacial score (nSPS) is 15.6. The number of carbonyl (C=O) groups is 1. The lowest BCUT2D eigenvalue weighted by Gasteiger charge is -2.12. The quantitative estimate of drug-likeness (QED) is 0.667. The van der Waals surface area contributed by atoms with Gasteiger partial charge in [-0.05, 0) is 19.4 Å². The van der Waals surface area contributed by atoms with E-state index in [1.54, 1.807) is 4.90 Å². The summed E-state index contributed by atoms with van der Waals surface area (Å²) in [5.41, 5.74) is 1.90. The van der Waals surface area contributed by atoms with E-state index in [9.17, 15) is 4.79 Å². The van der Waals surface area contributed by atoms with Crippen molar-refractivity contribution < 1.29 is 9.53 Å². The van der Waals surface area contributed by atoms with Crippen LogP contribution in [0.2, 0.25) is 0 Å². The highest BCUT2D eigenvalue weighted by atomic mass is 16.6. The van der Waals surface area contributed by atoms with Crippen molar-refractivity contribution in [2.45, 2.75) is 20.3 Å². The van der Waals surface area contributed by atoms with Gasteiger partial charge in [-0.25, -0.2) is 9.97 Å². The Balaban J connectivity index is 2.27. The molecule has 0 N–H and O–H groups in total. The fraction of sp³-hybridized carbons (Fsp3) is 0.500. The maximum atomic E-state index is 10.9. The van der Waals surface area contributed by atoms with Gasteiger partial charge in [-0.1, -0.05) is 6.92 Å². The van der Waals surface area contributed by atoms with Crippen LogP contribution in [-0.2, 0) is 16.0 Å². The number of cyclic esters (lactones) is 1. The molecule has 0 aliphatic carbocycles. The van der Waals surface area contributed by atoms with Gasteiger partial charge in [-0.15, -0.1) is 0 Å². The molecular weight excluding hydrogens is 194 g/mol. The second-order valence-electron chi connectivity index (χ2n) is 3.50. The molecule has 2 heterocycles. The summed E-state index contributed by atoms with van der Waals surface area (Å²) in [6, 6.07) is 1.95. The monoisotopic (exact) mass is 207 g/mol. The largest absolute Gasteiger partial charge is 0.443 e. The van der Waals surface area contributed by atoms with E-state index in [1.807, 2.05) is 19.9 Å². The highest BCUT2D eigenvalue weighted by molar-refractivity contribution is 5.77. The molecule has 0 spiro atoms. The molecule has 0 unspecified atom stereocenters. The summed E-state index contributed by atoms with van der Waals surface area (Å²) >= 11 is 0. The fourth-order valence-electron chi connectivity index (χ4n) is 1.46. The molecule has 0 bridgehead atoms. The van der Waals surface area contributed by atoms with E-state index in [4.69, 9.17) is 4.74 Å². The summed E-state index contributed by atoms with van der Waals surface area (Å²) in [7, 11) is 0. The summed E-state index contributed by atoms with van der Waals surface area (Å²) in [5, 5.41) is 0. The van der Waals surface area contributed by atoms with Crippen molar-refractivity contribution in [2.75, 3.05) is 18.2 Å². The number of aromatic nitrogens is 2. The van der Waals surface area contributed by atoms with Crippen LogP contribution in [-0.4, -0.2) is 29.2 Å². The molecule has 1 aromatic rings. The van der Waals surface area contributed by atoms with E-state index in [1.165, 1.54) is 0 Å². The van der Waals surface area contributed by atoms with E-state index in [0.717, 1.165) is 17.8 Å². The average Bonchev–Trinajstić information content (AvgIpc) is 2.64. The summed E-state index contributed by atoms with van der Waals surface area (Å²) < 4.78 is 4.84. The zero-order chi connectivity index (χ0) is 10.8. The Morgan fingerprint density at radius 2 is 2.33 bits per heavy atom. The van der Waals surface area contributed by atoms with Gasteiger partial charge >= 0.3 is 5.97 Å². The third-order valence-electron chi connectivity index (χ3n) is 2.24. The van der Waals surface area contributed by atoms with Crippen LogP contribution in [0.5, 0.6) is 0 Å². The fourth-order valence-corrected chi connectivity index (χ4v) is 1.46. The van der Waals surface area contributed by atoms with E-state index in [0.29, 0.717) is 5.95 Å². The second-order valence-corrected chi connectivity index (χ2v) is 3.50. The minimum absolute atomic E-state index is 0.224. The van der Waals surface area contributed by atoms with Crippen LogP contribution < -0.4 is 4.90 Å². The van der Waals surface area contributed by atoms with Crippen molar-refractivity contribution >= 4 is 11.9 Å². The van der Waals surface area contributed by atoms with Gasteiger partial charge in [-0.3, -0.25) is 9.69 Å². The lowest BCUT2D eigenvalue weighted by Crippen LogP contribution is -2.22. The Hall–Kier alpha value is -1.65.